The number of amides is 2. The van der Waals surface area contributed by atoms with Crippen LogP contribution >= 0.6 is 0 Å². The minimum atomic E-state index is -0.0336. The molecular weight excluding hydrogens is 370 g/mol. The summed E-state index contributed by atoms with van der Waals surface area (Å²) in [6.45, 7) is 6.99. The predicted octanol–water partition coefficient (Wildman–Crippen LogP) is 2.22. The molecule has 0 radical (unpaired) electrons. The van der Waals surface area contributed by atoms with Crippen LogP contribution in [0.2, 0.25) is 0 Å². The van der Waals surface area contributed by atoms with Gasteiger partial charge in [-0.15, -0.1) is 0 Å². The van der Waals surface area contributed by atoms with Gasteiger partial charge in [0.15, 0.2) is 0 Å². The van der Waals surface area contributed by atoms with Gasteiger partial charge in [0.05, 0.1) is 19.8 Å². The Labute approximate surface area is 174 Å². The first-order chi connectivity index (χ1) is 13.9. The second-order valence-corrected chi connectivity index (χ2v) is 7.68. The summed E-state index contributed by atoms with van der Waals surface area (Å²) in [6, 6.07) is 6.43. The van der Waals surface area contributed by atoms with Gasteiger partial charge < -0.3 is 19.7 Å². The Balaban J connectivity index is 1.88. The van der Waals surface area contributed by atoms with E-state index in [1.807, 2.05) is 32.0 Å². The molecule has 1 aromatic carbocycles. The second kappa shape index (κ2) is 11.9. The maximum atomic E-state index is 12.6. The third kappa shape index (κ3) is 8.12. The highest BCUT2D eigenvalue weighted by Crippen LogP contribution is 2.27. The highest BCUT2D eigenvalue weighted by Gasteiger charge is 2.31. The summed E-state index contributed by atoms with van der Waals surface area (Å²) in [7, 11) is 3.25. The fraction of sp³-hybridized carbons (Fsp3) is 0.636. The molecule has 0 unspecified atom stereocenters. The molecule has 0 spiro atoms. The van der Waals surface area contributed by atoms with Crippen molar-refractivity contribution in [3.8, 4) is 0 Å². The molecule has 162 valence electrons. The van der Waals surface area contributed by atoms with Crippen LogP contribution < -0.4 is 5.32 Å². The molecule has 0 saturated heterocycles. The van der Waals surface area contributed by atoms with Gasteiger partial charge in [0.2, 0.25) is 11.8 Å². The van der Waals surface area contributed by atoms with Crippen molar-refractivity contribution >= 4 is 17.5 Å². The van der Waals surface area contributed by atoms with E-state index in [9.17, 15) is 9.59 Å². The van der Waals surface area contributed by atoms with E-state index in [4.69, 9.17) is 9.47 Å². The fourth-order valence-corrected chi connectivity index (χ4v) is 3.24. The van der Waals surface area contributed by atoms with Crippen LogP contribution in [0.4, 0.5) is 5.69 Å². The van der Waals surface area contributed by atoms with Gasteiger partial charge in [-0.1, -0.05) is 12.1 Å². The Hall–Kier alpha value is -1.96. The molecule has 0 aromatic heterocycles. The largest absolute Gasteiger partial charge is 0.383 e. The molecule has 7 heteroatoms. The normalized spacial score (nSPS) is 13.6. The summed E-state index contributed by atoms with van der Waals surface area (Å²) in [5.74, 6) is 0.0355. The number of ether oxygens (including phenoxy) is 2. The van der Waals surface area contributed by atoms with Crippen molar-refractivity contribution in [2.45, 2.75) is 39.2 Å². The van der Waals surface area contributed by atoms with E-state index in [0.717, 1.165) is 29.7 Å². The van der Waals surface area contributed by atoms with Gasteiger partial charge in [0.25, 0.3) is 0 Å². The standard InChI is InChI=1S/C22H35N3O4/c1-17-5-6-18(2)20(15-17)23-21(26)16-25(19-7-8-19)10-9-22(27)24(11-13-28-3)12-14-29-4/h5-6,15,19H,7-14,16H2,1-4H3,(H,23,26). The second-order valence-electron chi connectivity index (χ2n) is 7.68. The molecule has 0 atom stereocenters. The molecule has 0 aliphatic heterocycles. The monoisotopic (exact) mass is 405 g/mol. The molecule has 1 N–H and O–H groups in total. The number of rotatable bonds is 13. The smallest absolute Gasteiger partial charge is 0.238 e. The Morgan fingerprint density at radius 1 is 1.07 bits per heavy atom. The van der Waals surface area contributed by atoms with Crippen LogP contribution in [0.15, 0.2) is 18.2 Å². The average Bonchev–Trinajstić information content (AvgIpc) is 3.53. The number of methoxy groups -OCH3 is 2. The number of nitrogens with zero attached hydrogens (tertiary/aromatic N) is 2. The van der Waals surface area contributed by atoms with Crippen LogP contribution in [-0.4, -0.2) is 81.3 Å². The molecule has 1 aromatic rings. The zero-order chi connectivity index (χ0) is 21.2. The molecule has 2 rings (SSSR count). The lowest BCUT2D eigenvalue weighted by Crippen LogP contribution is -2.40. The zero-order valence-corrected chi connectivity index (χ0v) is 18.2. The van der Waals surface area contributed by atoms with E-state index in [1.54, 1.807) is 19.1 Å². The first kappa shape index (κ1) is 23.3. The van der Waals surface area contributed by atoms with Gasteiger partial charge in [-0.25, -0.2) is 0 Å². The first-order valence-electron chi connectivity index (χ1n) is 10.3. The predicted molar refractivity (Wildman–Crippen MR) is 114 cm³/mol. The van der Waals surface area contributed by atoms with Crippen molar-refractivity contribution in [3.05, 3.63) is 29.3 Å². The number of hydrogen-bond acceptors (Lipinski definition) is 5. The van der Waals surface area contributed by atoms with Crippen LogP contribution in [0, 0.1) is 13.8 Å². The zero-order valence-electron chi connectivity index (χ0n) is 18.2. The molecule has 29 heavy (non-hydrogen) atoms. The molecule has 1 fully saturated rings. The fourth-order valence-electron chi connectivity index (χ4n) is 3.24. The molecule has 1 aliphatic carbocycles. The Kier molecular flexibility index (Phi) is 9.57. The highest BCUT2D eigenvalue weighted by atomic mass is 16.5. The Morgan fingerprint density at radius 2 is 1.72 bits per heavy atom. The van der Waals surface area contributed by atoms with E-state index in [-0.39, 0.29) is 11.8 Å². The minimum absolute atomic E-state index is 0.0336. The van der Waals surface area contributed by atoms with E-state index >= 15 is 0 Å². The topological polar surface area (TPSA) is 71.1 Å². The van der Waals surface area contributed by atoms with Crippen LogP contribution in [0.1, 0.15) is 30.4 Å². The molecule has 7 nitrogen and oxygen atoms in total. The van der Waals surface area contributed by atoms with Crippen molar-refractivity contribution in [2.24, 2.45) is 0 Å². The summed E-state index contributed by atoms with van der Waals surface area (Å²) in [5.41, 5.74) is 3.01. The van der Waals surface area contributed by atoms with Crippen LogP contribution in [-0.2, 0) is 19.1 Å². The molecule has 2 amide bonds. The maximum absolute atomic E-state index is 12.6. The van der Waals surface area contributed by atoms with E-state index in [0.29, 0.717) is 51.9 Å². The van der Waals surface area contributed by atoms with Gasteiger partial charge in [-0.3, -0.25) is 14.5 Å². The number of carbonyl (C=O) groups excluding carboxylic acids is 2. The lowest BCUT2D eigenvalue weighted by atomic mass is 10.1. The summed E-state index contributed by atoms with van der Waals surface area (Å²) in [6.07, 6.45) is 2.56. The van der Waals surface area contributed by atoms with Crippen molar-refractivity contribution in [1.82, 2.24) is 9.80 Å². The minimum Gasteiger partial charge on any atom is -0.383 e. The number of benzene rings is 1. The van der Waals surface area contributed by atoms with Crippen molar-refractivity contribution in [1.29, 1.82) is 0 Å². The molecule has 0 heterocycles. The number of aryl methyl sites for hydroxylation is 2. The van der Waals surface area contributed by atoms with Gasteiger partial charge >= 0.3 is 0 Å². The summed E-state index contributed by atoms with van der Waals surface area (Å²) < 4.78 is 10.2. The molecular formula is C22H35N3O4. The number of anilines is 1. The quantitative estimate of drug-likeness (QED) is 0.545. The summed E-state index contributed by atoms with van der Waals surface area (Å²) in [4.78, 5) is 29.1. The summed E-state index contributed by atoms with van der Waals surface area (Å²) in [5, 5.41) is 3.02. The van der Waals surface area contributed by atoms with Crippen LogP contribution in [0.25, 0.3) is 0 Å². The molecule has 1 saturated carbocycles. The molecule has 0 bridgehead atoms. The number of hydrogen-bond donors (Lipinski definition) is 1. The van der Waals surface area contributed by atoms with E-state index in [1.165, 1.54) is 0 Å². The average molecular weight is 406 g/mol. The third-order valence-corrected chi connectivity index (χ3v) is 5.17. The van der Waals surface area contributed by atoms with Gasteiger partial charge in [0, 0.05) is 52.0 Å². The number of carbonyl (C=O) groups is 2. The van der Waals surface area contributed by atoms with E-state index in [2.05, 4.69) is 10.2 Å². The highest BCUT2D eigenvalue weighted by molar-refractivity contribution is 5.93. The van der Waals surface area contributed by atoms with Crippen molar-refractivity contribution in [3.63, 3.8) is 0 Å². The van der Waals surface area contributed by atoms with Crippen molar-refractivity contribution < 1.29 is 19.1 Å². The lowest BCUT2D eigenvalue weighted by Gasteiger charge is -2.25. The van der Waals surface area contributed by atoms with Crippen LogP contribution in [0.3, 0.4) is 0 Å². The van der Waals surface area contributed by atoms with Gasteiger partial charge in [0.1, 0.15) is 0 Å². The van der Waals surface area contributed by atoms with Gasteiger partial charge in [-0.2, -0.15) is 0 Å². The Bertz CT molecular complexity index is 668. The first-order valence-corrected chi connectivity index (χ1v) is 10.3. The van der Waals surface area contributed by atoms with Gasteiger partial charge in [-0.05, 0) is 43.9 Å². The lowest BCUT2D eigenvalue weighted by molar-refractivity contribution is -0.133. The van der Waals surface area contributed by atoms with E-state index < -0.39 is 0 Å². The summed E-state index contributed by atoms with van der Waals surface area (Å²) >= 11 is 0. The number of nitrogens with one attached hydrogen (secondary N) is 1. The Morgan fingerprint density at radius 3 is 2.31 bits per heavy atom. The van der Waals surface area contributed by atoms with Crippen molar-refractivity contribution in [2.75, 3.05) is 58.9 Å². The molecule has 1 aliphatic rings. The SMILES string of the molecule is COCCN(CCOC)C(=O)CCN(CC(=O)Nc1cc(C)ccc1C)C1CC1. The van der Waals surface area contributed by atoms with Crippen LogP contribution in [0.5, 0.6) is 0 Å². The third-order valence-electron chi connectivity index (χ3n) is 5.17. The maximum Gasteiger partial charge on any atom is 0.238 e.